The predicted molar refractivity (Wildman–Crippen MR) is 81.1 cm³/mol. The summed E-state index contributed by atoms with van der Waals surface area (Å²) in [6, 6.07) is 9.17. The van der Waals surface area contributed by atoms with Gasteiger partial charge in [-0.05, 0) is 59.3 Å². The smallest absolute Gasteiger partial charge is 0.255 e. The Kier molecular flexibility index (Phi) is 4.19. The first-order chi connectivity index (χ1) is 8.56. The van der Waals surface area contributed by atoms with Crippen molar-refractivity contribution in [1.82, 2.24) is 4.98 Å². The van der Waals surface area contributed by atoms with Crippen LogP contribution in [0.2, 0.25) is 5.15 Å². The van der Waals surface area contributed by atoms with E-state index < -0.39 is 0 Å². The Morgan fingerprint density at radius 3 is 2.83 bits per heavy atom. The van der Waals surface area contributed by atoms with E-state index in [-0.39, 0.29) is 5.91 Å². The topological polar surface area (TPSA) is 42.0 Å². The van der Waals surface area contributed by atoms with Crippen LogP contribution in [0.3, 0.4) is 0 Å². The number of amides is 1. The van der Waals surface area contributed by atoms with Gasteiger partial charge in [0.1, 0.15) is 5.15 Å². The Bertz CT molecular complexity index is 601. The summed E-state index contributed by atoms with van der Waals surface area (Å²) in [6.45, 7) is 1.84. The molecule has 0 aliphatic carbocycles. The molecule has 5 heteroatoms. The van der Waals surface area contributed by atoms with Gasteiger partial charge in [0.25, 0.3) is 5.91 Å². The first kappa shape index (κ1) is 13.3. The van der Waals surface area contributed by atoms with Crippen LogP contribution in [0.25, 0.3) is 0 Å². The van der Waals surface area contributed by atoms with Crippen molar-refractivity contribution in [3.63, 3.8) is 0 Å². The van der Waals surface area contributed by atoms with E-state index >= 15 is 0 Å². The van der Waals surface area contributed by atoms with E-state index in [1.165, 1.54) is 0 Å². The molecule has 1 aromatic heterocycles. The van der Waals surface area contributed by atoms with Crippen molar-refractivity contribution >= 4 is 45.8 Å². The Morgan fingerprint density at radius 2 is 2.17 bits per heavy atom. The zero-order valence-corrected chi connectivity index (χ0v) is 12.5. The van der Waals surface area contributed by atoms with Gasteiger partial charge >= 0.3 is 0 Å². The standard InChI is InChI=1S/C13H10ClIN2O/c1-8-5-11(7-16-12(8)14)17-13(18)9-3-2-4-10(15)6-9/h2-7H,1H3,(H,17,18). The predicted octanol–water partition coefficient (Wildman–Crippen LogP) is 3.90. The highest BCUT2D eigenvalue weighted by Gasteiger charge is 2.07. The Balaban J connectivity index is 2.18. The van der Waals surface area contributed by atoms with E-state index in [1.807, 2.05) is 25.1 Å². The lowest BCUT2D eigenvalue weighted by Gasteiger charge is -2.06. The van der Waals surface area contributed by atoms with Crippen LogP contribution < -0.4 is 5.32 Å². The maximum Gasteiger partial charge on any atom is 0.255 e. The number of pyridine rings is 1. The number of rotatable bonds is 2. The summed E-state index contributed by atoms with van der Waals surface area (Å²) in [5.74, 6) is -0.156. The Hall–Kier alpha value is -1.14. The minimum absolute atomic E-state index is 0.156. The number of benzene rings is 1. The fourth-order valence-electron chi connectivity index (χ4n) is 1.46. The van der Waals surface area contributed by atoms with Crippen molar-refractivity contribution < 1.29 is 4.79 Å². The van der Waals surface area contributed by atoms with Gasteiger partial charge in [0.2, 0.25) is 0 Å². The minimum atomic E-state index is -0.156. The van der Waals surface area contributed by atoms with Gasteiger partial charge in [-0.1, -0.05) is 17.7 Å². The molecule has 0 saturated heterocycles. The molecule has 1 aromatic carbocycles. The number of hydrogen-bond acceptors (Lipinski definition) is 2. The highest BCUT2D eigenvalue weighted by atomic mass is 127. The van der Waals surface area contributed by atoms with Gasteiger partial charge < -0.3 is 5.32 Å². The van der Waals surface area contributed by atoms with E-state index in [1.54, 1.807) is 18.3 Å². The highest BCUT2D eigenvalue weighted by Crippen LogP contribution is 2.17. The average Bonchev–Trinajstić information content (AvgIpc) is 2.34. The average molecular weight is 373 g/mol. The van der Waals surface area contributed by atoms with Crippen LogP contribution in [-0.2, 0) is 0 Å². The van der Waals surface area contributed by atoms with E-state index in [2.05, 4.69) is 32.9 Å². The van der Waals surface area contributed by atoms with Crippen LogP contribution in [0.4, 0.5) is 5.69 Å². The molecule has 92 valence electrons. The van der Waals surface area contributed by atoms with Gasteiger partial charge in [-0.2, -0.15) is 0 Å². The van der Waals surface area contributed by atoms with Crippen molar-refractivity contribution in [3.8, 4) is 0 Å². The fraction of sp³-hybridized carbons (Fsp3) is 0.0769. The lowest BCUT2D eigenvalue weighted by Crippen LogP contribution is -2.12. The van der Waals surface area contributed by atoms with Crippen LogP contribution >= 0.6 is 34.2 Å². The van der Waals surface area contributed by atoms with Crippen molar-refractivity contribution in [2.45, 2.75) is 6.92 Å². The number of nitrogens with zero attached hydrogens (tertiary/aromatic N) is 1. The number of nitrogens with one attached hydrogen (secondary N) is 1. The second-order valence-electron chi connectivity index (χ2n) is 3.80. The van der Waals surface area contributed by atoms with Crippen LogP contribution in [0, 0.1) is 10.5 Å². The third-order valence-corrected chi connectivity index (χ3v) is 3.43. The molecule has 0 saturated carbocycles. The van der Waals surface area contributed by atoms with Crippen molar-refractivity contribution in [2.75, 3.05) is 5.32 Å². The second-order valence-corrected chi connectivity index (χ2v) is 5.40. The molecule has 0 fully saturated rings. The molecular weight excluding hydrogens is 363 g/mol. The molecule has 0 aliphatic heterocycles. The number of aromatic nitrogens is 1. The summed E-state index contributed by atoms with van der Waals surface area (Å²) in [4.78, 5) is 16.0. The lowest BCUT2D eigenvalue weighted by molar-refractivity contribution is 0.102. The molecule has 1 amide bonds. The number of aryl methyl sites for hydroxylation is 1. The molecule has 2 rings (SSSR count). The molecule has 0 radical (unpaired) electrons. The summed E-state index contributed by atoms with van der Waals surface area (Å²) < 4.78 is 1.02. The summed E-state index contributed by atoms with van der Waals surface area (Å²) in [6.07, 6.45) is 1.54. The molecule has 18 heavy (non-hydrogen) atoms. The Morgan fingerprint density at radius 1 is 1.39 bits per heavy atom. The lowest BCUT2D eigenvalue weighted by atomic mass is 10.2. The van der Waals surface area contributed by atoms with Gasteiger partial charge in [0.15, 0.2) is 0 Å². The van der Waals surface area contributed by atoms with Crippen LogP contribution in [0.15, 0.2) is 36.5 Å². The monoisotopic (exact) mass is 372 g/mol. The molecule has 0 atom stereocenters. The summed E-state index contributed by atoms with van der Waals surface area (Å²) >= 11 is 8.00. The Labute approximate surface area is 124 Å². The highest BCUT2D eigenvalue weighted by molar-refractivity contribution is 14.1. The number of carbonyl (C=O) groups is 1. The quantitative estimate of drug-likeness (QED) is 0.642. The third-order valence-electron chi connectivity index (χ3n) is 2.36. The molecule has 0 spiro atoms. The fourth-order valence-corrected chi connectivity index (χ4v) is 2.11. The SMILES string of the molecule is Cc1cc(NC(=O)c2cccc(I)c2)cnc1Cl. The number of carbonyl (C=O) groups excluding carboxylic acids is 1. The van der Waals surface area contributed by atoms with Gasteiger partial charge in [-0.3, -0.25) is 4.79 Å². The van der Waals surface area contributed by atoms with Gasteiger partial charge in [-0.25, -0.2) is 4.98 Å². The number of hydrogen-bond donors (Lipinski definition) is 1. The number of halogens is 2. The van der Waals surface area contributed by atoms with Crippen LogP contribution in [0.5, 0.6) is 0 Å². The van der Waals surface area contributed by atoms with E-state index in [0.717, 1.165) is 9.13 Å². The van der Waals surface area contributed by atoms with Crippen molar-refractivity contribution in [2.24, 2.45) is 0 Å². The van der Waals surface area contributed by atoms with Gasteiger partial charge in [-0.15, -0.1) is 0 Å². The summed E-state index contributed by atoms with van der Waals surface area (Å²) in [5.41, 5.74) is 2.09. The molecule has 2 aromatic rings. The maximum atomic E-state index is 12.0. The van der Waals surface area contributed by atoms with Crippen LogP contribution in [0.1, 0.15) is 15.9 Å². The van der Waals surface area contributed by atoms with Crippen molar-refractivity contribution in [1.29, 1.82) is 0 Å². The van der Waals surface area contributed by atoms with Gasteiger partial charge in [0, 0.05) is 9.13 Å². The second kappa shape index (κ2) is 5.67. The molecule has 0 unspecified atom stereocenters. The molecule has 1 N–H and O–H groups in total. The summed E-state index contributed by atoms with van der Waals surface area (Å²) in [7, 11) is 0. The van der Waals surface area contributed by atoms with Crippen LogP contribution in [-0.4, -0.2) is 10.9 Å². The van der Waals surface area contributed by atoms with E-state index in [4.69, 9.17) is 11.6 Å². The summed E-state index contributed by atoms with van der Waals surface area (Å²) in [5, 5.41) is 3.24. The van der Waals surface area contributed by atoms with E-state index in [0.29, 0.717) is 16.4 Å². The third kappa shape index (κ3) is 3.20. The van der Waals surface area contributed by atoms with E-state index in [9.17, 15) is 4.79 Å². The maximum absolute atomic E-state index is 12.0. The minimum Gasteiger partial charge on any atom is -0.321 e. The largest absolute Gasteiger partial charge is 0.321 e. The zero-order valence-electron chi connectivity index (χ0n) is 9.58. The molecule has 3 nitrogen and oxygen atoms in total. The first-order valence-electron chi connectivity index (χ1n) is 5.25. The zero-order chi connectivity index (χ0) is 13.1. The molecule has 0 aliphatic rings. The van der Waals surface area contributed by atoms with Gasteiger partial charge in [0.05, 0.1) is 11.9 Å². The molecule has 0 bridgehead atoms. The first-order valence-corrected chi connectivity index (χ1v) is 6.71. The molecular formula is C13H10ClIN2O. The molecule has 1 heterocycles. The normalized spacial score (nSPS) is 10.2. The van der Waals surface area contributed by atoms with Crippen molar-refractivity contribution in [3.05, 3.63) is 56.4 Å². The number of anilines is 1.